The first-order valence-corrected chi connectivity index (χ1v) is 10.1. The average molecular weight is 297 g/mol. The lowest BCUT2D eigenvalue weighted by molar-refractivity contribution is 0.238. The van der Waals surface area contributed by atoms with Gasteiger partial charge in [-0.05, 0) is 24.7 Å². The van der Waals surface area contributed by atoms with Gasteiger partial charge in [0, 0.05) is 5.25 Å². The van der Waals surface area contributed by atoms with Crippen molar-refractivity contribution in [2.45, 2.75) is 108 Å². The van der Waals surface area contributed by atoms with Gasteiger partial charge in [-0.25, -0.2) is 0 Å². The molecule has 2 aliphatic rings. The molecule has 0 heterocycles. The van der Waals surface area contributed by atoms with Crippen LogP contribution in [0.2, 0.25) is 0 Å². The van der Waals surface area contributed by atoms with E-state index in [1.54, 1.807) is 0 Å². The fourth-order valence-corrected chi connectivity index (χ4v) is 4.84. The molecule has 0 aromatic heterocycles. The minimum Gasteiger partial charge on any atom is -0.176 e. The highest BCUT2D eigenvalue weighted by atomic mass is 32.1. The maximum atomic E-state index is 4.74. The second-order valence-corrected chi connectivity index (χ2v) is 8.17. The van der Waals surface area contributed by atoms with Crippen molar-refractivity contribution in [2.75, 3.05) is 0 Å². The lowest BCUT2D eigenvalue weighted by Gasteiger charge is -2.28. The highest BCUT2D eigenvalue weighted by Crippen LogP contribution is 2.35. The van der Waals surface area contributed by atoms with Crippen LogP contribution in [0.1, 0.15) is 103 Å². The van der Waals surface area contributed by atoms with E-state index in [0.717, 1.165) is 11.8 Å². The second kappa shape index (κ2) is 10.1. The predicted octanol–water partition coefficient (Wildman–Crippen LogP) is 6.79. The summed E-state index contributed by atoms with van der Waals surface area (Å²) in [7, 11) is 0. The molecule has 2 saturated carbocycles. The zero-order valence-electron chi connectivity index (χ0n) is 13.5. The molecule has 20 heavy (non-hydrogen) atoms. The van der Waals surface area contributed by atoms with Crippen LogP contribution in [-0.4, -0.2) is 5.25 Å². The molecule has 0 radical (unpaired) electrons. The van der Waals surface area contributed by atoms with Gasteiger partial charge in [0.25, 0.3) is 0 Å². The fraction of sp³-hybridized carbons (Fsp3) is 1.00. The van der Waals surface area contributed by atoms with E-state index < -0.39 is 0 Å². The van der Waals surface area contributed by atoms with Crippen LogP contribution in [0.25, 0.3) is 0 Å². The number of hydrogen-bond acceptors (Lipinski definition) is 1. The van der Waals surface area contributed by atoms with Crippen molar-refractivity contribution in [3.63, 3.8) is 0 Å². The molecule has 1 heteroatoms. The molecule has 0 aromatic rings. The van der Waals surface area contributed by atoms with Gasteiger partial charge in [-0.1, -0.05) is 89.9 Å². The molecule has 118 valence electrons. The molecule has 0 nitrogen and oxygen atoms in total. The molecular weight excluding hydrogens is 260 g/mol. The van der Waals surface area contributed by atoms with Crippen molar-refractivity contribution < 1.29 is 0 Å². The van der Waals surface area contributed by atoms with Gasteiger partial charge in [-0.2, -0.15) is 12.6 Å². The van der Waals surface area contributed by atoms with E-state index in [1.807, 2.05) is 0 Å². The van der Waals surface area contributed by atoms with E-state index in [9.17, 15) is 0 Å². The number of hydrogen-bond donors (Lipinski definition) is 1. The maximum Gasteiger partial charge on any atom is 0.00168 e. The van der Waals surface area contributed by atoms with E-state index in [1.165, 1.54) is 103 Å². The van der Waals surface area contributed by atoms with Crippen LogP contribution in [-0.2, 0) is 0 Å². The maximum absolute atomic E-state index is 4.74. The Morgan fingerprint density at radius 2 is 0.750 bits per heavy atom. The third-order valence-electron chi connectivity index (χ3n) is 5.79. The summed E-state index contributed by atoms with van der Waals surface area (Å²) in [6.07, 6.45) is 23.7. The summed E-state index contributed by atoms with van der Waals surface area (Å²) in [6.45, 7) is 0. The molecule has 0 N–H and O–H groups in total. The van der Waals surface area contributed by atoms with E-state index >= 15 is 0 Å². The Morgan fingerprint density at radius 1 is 0.400 bits per heavy atom. The molecule has 0 amide bonds. The van der Waals surface area contributed by atoms with Gasteiger partial charge in [-0.15, -0.1) is 0 Å². The molecule has 2 fully saturated rings. The zero-order chi connectivity index (χ0) is 14.0. The van der Waals surface area contributed by atoms with Gasteiger partial charge in [0.15, 0.2) is 0 Å². The molecule has 2 aliphatic carbocycles. The summed E-state index contributed by atoms with van der Waals surface area (Å²) in [4.78, 5) is 0. The van der Waals surface area contributed by atoms with Gasteiger partial charge >= 0.3 is 0 Å². The first-order chi connectivity index (χ1) is 9.86. The van der Waals surface area contributed by atoms with Crippen molar-refractivity contribution >= 4 is 12.6 Å². The Labute approximate surface area is 132 Å². The topological polar surface area (TPSA) is 0 Å². The third-order valence-corrected chi connectivity index (χ3v) is 6.31. The largest absolute Gasteiger partial charge is 0.176 e. The van der Waals surface area contributed by atoms with E-state index in [-0.39, 0.29) is 0 Å². The quantitative estimate of drug-likeness (QED) is 0.506. The Morgan fingerprint density at radius 3 is 1.35 bits per heavy atom. The zero-order valence-corrected chi connectivity index (χ0v) is 14.4. The van der Waals surface area contributed by atoms with Gasteiger partial charge < -0.3 is 0 Å². The SMILES string of the molecule is SC1CCCCC(C2CCCCCCCCC2)CCC1. The summed E-state index contributed by atoms with van der Waals surface area (Å²) < 4.78 is 0. The van der Waals surface area contributed by atoms with Crippen LogP contribution in [0.3, 0.4) is 0 Å². The smallest absolute Gasteiger partial charge is 0.00168 e. The highest BCUT2D eigenvalue weighted by molar-refractivity contribution is 7.80. The summed E-state index contributed by atoms with van der Waals surface area (Å²) in [5.41, 5.74) is 0. The van der Waals surface area contributed by atoms with Crippen LogP contribution in [0, 0.1) is 11.8 Å². The Kier molecular flexibility index (Phi) is 8.47. The molecule has 0 aromatic carbocycles. The minimum absolute atomic E-state index is 0.692. The van der Waals surface area contributed by atoms with Crippen LogP contribution in [0.15, 0.2) is 0 Å². The highest BCUT2D eigenvalue weighted by Gasteiger charge is 2.22. The monoisotopic (exact) mass is 296 g/mol. The van der Waals surface area contributed by atoms with Gasteiger partial charge in [-0.3, -0.25) is 0 Å². The van der Waals surface area contributed by atoms with Crippen LogP contribution in [0.5, 0.6) is 0 Å². The molecule has 0 spiro atoms. The van der Waals surface area contributed by atoms with E-state index in [0.29, 0.717) is 5.25 Å². The fourth-order valence-electron chi connectivity index (χ4n) is 4.47. The summed E-state index contributed by atoms with van der Waals surface area (Å²) in [5, 5.41) is 0.692. The molecule has 2 atom stereocenters. The van der Waals surface area contributed by atoms with Crippen molar-refractivity contribution in [1.82, 2.24) is 0 Å². The molecule has 0 aliphatic heterocycles. The standard InChI is InChI=1S/C19H36S/c20-19-15-9-8-13-18(14-10-16-19)17-11-6-4-2-1-3-5-7-12-17/h17-20H,1-16H2. The van der Waals surface area contributed by atoms with Gasteiger partial charge in [0.1, 0.15) is 0 Å². The van der Waals surface area contributed by atoms with E-state index in [2.05, 4.69) is 0 Å². The number of rotatable bonds is 1. The first kappa shape index (κ1) is 16.7. The first-order valence-electron chi connectivity index (χ1n) is 9.54. The van der Waals surface area contributed by atoms with Crippen molar-refractivity contribution in [2.24, 2.45) is 11.8 Å². The van der Waals surface area contributed by atoms with Crippen molar-refractivity contribution in [3.05, 3.63) is 0 Å². The van der Waals surface area contributed by atoms with Crippen LogP contribution in [0.4, 0.5) is 0 Å². The van der Waals surface area contributed by atoms with E-state index in [4.69, 9.17) is 12.6 Å². The predicted molar refractivity (Wildman–Crippen MR) is 93.6 cm³/mol. The van der Waals surface area contributed by atoms with Crippen LogP contribution >= 0.6 is 12.6 Å². The Balaban J connectivity index is 1.83. The van der Waals surface area contributed by atoms with Gasteiger partial charge in [0.2, 0.25) is 0 Å². The second-order valence-electron chi connectivity index (χ2n) is 7.44. The Bertz CT molecular complexity index is 225. The van der Waals surface area contributed by atoms with Crippen molar-refractivity contribution in [1.29, 1.82) is 0 Å². The summed E-state index contributed by atoms with van der Waals surface area (Å²) in [6, 6.07) is 0. The molecular formula is C19H36S. The van der Waals surface area contributed by atoms with Crippen LogP contribution < -0.4 is 0 Å². The lowest BCUT2D eigenvalue weighted by Crippen LogP contribution is -2.16. The van der Waals surface area contributed by atoms with Crippen molar-refractivity contribution in [3.8, 4) is 0 Å². The normalized spacial score (nSPS) is 32.9. The average Bonchev–Trinajstić information content (AvgIpc) is 2.57. The Hall–Kier alpha value is 0.350. The number of thiol groups is 1. The minimum atomic E-state index is 0.692. The molecule has 2 unspecified atom stereocenters. The van der Waals surface area contributed by atoms with Gasteiger partial charge in [0.05, 0.1) is 0 Å². The third kappa shape index (κ3) is 6.41. The molecule has 0 saturated heterocycles. The molecule has 2 rings (SSSR count). The lowest BCUT2D eigenvalue weighted by atomic mass is 9.78. The summed E-state index contributed by atoms with van der Waals surface area (Å²) >= 11 is 4.74. The summed E-state index contributed by atoms with van der Waals surface area (Å²) in [5.74, 6) is 2.11. The molecule has 0 bridgehead atoms.